The average molecular weight is 512 g/mol. The Labute approximate surface area is 213 Å². The van der Waals surface area contributed by atoms with Crippen LogP contribution in [-0.4, -0.2) is 29.9 Å². The third-order valence-corrected chi connectivity index (χ3v) is 7.70. The molecule has 0 bridgehead atoms. The number of hydrogen-bond acceptors (Lipinski definition) is 9. The van der Waals surface area contributed by atoms with Gasteiger partial charge in [-0.2, -0.15) is 0 Å². The van der Waals surface area contributed by atoms with Gasteiger partial charge >= 0.3 is 0 Å². The predicted octanol–water partition coefficient (Wildman–Crippen LogP) is 6.15. The topological polar surface area (TPSA) is 112 Å². The second-order valence-corrected chi connectivity index (χ2v) is 10.1. The van der Waals surface area contributed by atoms with Gasteiger partial charge in [-0.1, -0.05) is 53.4 Å². The first kappa shape index (κ1) is 22.1. The second kappa shape index (κ2) is 9.36. The number of thiazole rings is 1. The summed E-state index contributed by atoms with van der Waals surface area (Å²) in [4.78, 5) is 21.3. The second-order valence-electron chi connectivity index (χ2n) is 7.82. The van der Waals surface area contributed by atoms with Crippen LogP contribution in [0, 0.1) is 10.1 Å². The molecule has 0 amide bonds. The van der Waals surface area contributed by atoms with Gasteiger partial charge in [-0.25, -0.2) is 14.6 Å². The van der Waals surface area contributed by atoms with Crippen LogP contribution in [0.15, 0.2) is 100 Å². The molecule has 1 atom stereocenters. The molecule has 1 N–H and O–H groups in total. The number of nitro groups is 1. The van der Waals surface area contributed by atoms with Crippen molar-refractivity contribution in [3.8, 4) is 0 Å². The molecule has 0 unspecified atom stereocenters. The number of aromatic nitrogens is 5. The molecule has 6 aromatic rings. The van der Waals surface area contributed by atoms with Crippen LogP contribution < -0.4 is 5.32 Å². The monoisotopic (exact) mass is 511 g/mol. The lowest BCUT2D eigenvalue weighted by atomic mass is 10.1. The van der Waals surface area contributed by atoms with Gasteiger partial charge in [0.1, 0.15) is 17.5 Å². The SMILES string of the molecule is O=[N+]([O-])c1cc([C@H](Nc2ccccn2)n2nnc3ccccc32)ccc1Sc1nc2ccccc2s1. The lowest BCUT2D eigenvalue weighted by Gasteiger charge is -2.21. The normalized spacial score (nSPS) is 12.1. The number of nitrogens with one attached hydrogen (secondary N) is 1. The van der Waals surface area contributed by atoms with Crippen molar-refractivity contribution in [2.45, 2.75) is 15.4 Å². The van der Waals surface area contributed by atoms with Gasteiger partial charge in [0.15, 0.2) is 4.34 Å². The number of rotatable bonds is 7. The van der Waals surface area contributed by atoms with Crippen molar-refractivity contribution in [2.24, 2.45) is 0 Å². The molecule has 176 valence electrons. The summed E-state index contributed by atoms with van der Waals surface area (Å²) in [5, 5.41) is 24.1. The highest BCUT2D eigenvalue weighted by atomic mass is 32.2. The zero-order valence-corrected chi connectivity index (χ0v) is 20.2. The largest absolute Gasteiger partial charge is 0.345 e. The molecule has 3 heterocycles. The molecule has 0 saturated heterocycles. The summed E-state index contributed by atoms with van der Waals surface area (Å²) in [6.45, 7) is 0. The summed E-state index contributed by atoms with van der Waals surface area (Å²) in [5.74, 6) is 0.609. The predicted molar refractivity (Wildman–Crippen MR) is 140 cm³/mol. The number of pyridine rings is 1. The molecule has 0 aliphatic carbocycles. The summed E-state index contributed by atoms with van der Waals surface area (Å²) in [6.07, 6.45) is 1.10. The first-order chi connectivity index (χ1) is 17.7. The van der Waals surface area contributed by atoms with E-state index in [4.69, 9.17) is 0 Å². The van der Waals surface area contributed by atoms with Gasteiger partial charge in [0.2, 0.25) is 0 Å². The highest BCUT2D eigenvalue weighted by molar-refractivity contribution is 8.01. The van der Waals surface area contributed by atoms with Crippen LogP contribution in [0.25, 0.3) is 21.3 Å². The van der Waals surface area contributed by atoms with E-state index in [9.17, 15) is 10.1 Å². The molecule has 0 saturated carbocycles. The minimum atomic E-state index is -0.576. The third-order valence-electron chi connectivity index (χ3n) is 5.54. The Morgan fingerprint density at radius 3 is 2.58 bits per heavy atom. The van der Waals surface area contributed by atoms with Gasteiger partial charge in [-0.05, 0) is 42.5 Å². The van der Waals surface area contributed by atoms with E-state index in [1.54, 1.807) is 23.0 Å². The number of nitro benzene ring substituents is 1. The van der Waals surface area contributed by atoms with E-state index in [2.05, 4.69) is 25.6 Å². The molecule has 3 aromatic carbocycles. The number of para-hydroxylation sites is 2. The maximum absolute atomic E-state index is 12.1. The minimum absolute atomic E-state index is 0.00556. The summed E-state index contributed by atoms with van der Waals surface area (Å²) < 4.78 is 3.50. The van der Waals surface area contributed by atoms with E-state index in [0.29, 0.717) is 16.3 Å². The van der Waals surface area contributed by atoms with Crippen LogP contribution in [0.2, 0.25) is 0 Å². The van der Waals surface area contributed by atoms with Crippen LogP contribution in [-0.2, 0) is 0 Å². The molecular formula is C25H17N7O2S2. The van der Waals surface area contributed by atoms with Gasteiger partial charge in [-0.15, -0.1) is 16.4 Å². The van der Waals surface area contributed by atoms with Gasteiger partial charge in [0.25, 0.3) is 5.69 Å². The van der Waals surface area contributed by atoms with Crippen molar-refractivity contribution < 1.29 is 4.92 Å². The van der Waals surface area contributed by atoms with E-state index in [1.165, 1.54) is 23.1 Å². The van der Waals surface area contributed by atoms with Crippen LogP contribution in [0.1, 0.15) is 11.7 Å². The van der Waals surface area contributed by atoms with Gasteiger partial charge in [0, 0.05) is 17.8 Å². The molecule has 9 nitrogen and oxygen atoms in total. The Morgan fingerprint density at radius 2 is 1.78 bits per heavy atom. The highest BCUT2D eigenvalue weighted by Gasteiger charge is 2.24. The highest BCUT2D eigenvalue weighted by Crippen LogP contribution is 2.40. The Kier molecular flexibility index (Phi) is 5.76. The third kappa shape index (κ3) is 4.25. The van der Waals surface area contributed by atoms with Crippen molar-refractivity contribution in [1.82, 2.24) is 25.0 Å². The zero-order valence-electron chi connectivity index (χ0n) is 18.6. The fourth-order valence-corrected chi connectivity index (χ4v) is 5.98. The number of hydrogen-bond donors (Lipinski definition) is 1. The van der Waals surface area contributed by atoms with E-state index in [-0.39, 0.29) is 10.6 Å². The molecule has 0 spiro atoms. The lowest BCUT2D eigenvalue weighted by Crippen LogP contribution is -2.21. The molecule has 6 rings (SSSR count). The standard InChI is InChI=1S/C25H17N7O2S2/c33-32(34)20-15-16(12-13-22(20)36-25-27-18-8-2-4-10-21(18)35-25)24(28-23-11-5-6-14-26-23)31-19-9-3-1-7-17(19)29-30-31/h1-15,24H,(H,26,28)/t24-/m1/s1. The number of nitrogens with zero attached hydrogens (tertiary/aromatic N) is 6. The van der Waals surface area contributed by atoms with E-state index < -0.39 is 6.17 Å². The fraction of sp³-hybridized carbons (Fsp3) is 0.0400. The van der Waals surface area contributed by atoms with Crippen LogP contribution in [0.4, 0.5) is 11.5 Å². The maximum Gasteiger partial charge on any atom is 0.283 e. The average Bonchev–Trinajstić information content (AvgIpc) is 3.52. The first-order valence-electron chi connectivity index (χ1n) is 10.9. The summed E-state index contributed by atoms with van der Waals surface area (Å²) in [6, 6.07) is 26.1. The molecule has 0 fully saturated rings. The van der Waals surface area contributed by atoms with Crippen LogP contribution in [0.3, 0.4) is 0 Å². The molecule has 11 heteroatoms. The number of anilines is 1. The molecule has 0 aliphatic heterocycles. The maximum atomic E-state index is 12.1. The molecule has 3 aromatic heterocycles. The van der Waals surface area contributed by atoms with Crippen molar-refractivity contribution in [3.05, 3.63) is 107 Å². The first-order valence-corrected chi connectivity index (χ1v) is 12.6. The van der Waals surface area contributed by atoms with Crippen LogP contribution in [0.5, 0.6) is 0 Å². The fourth-order valence-electron chi connectivity index (χ4n) is 3.87. The number of fused-ring (bicyclic) bond motifs is 2. The smallest absolute Gasteiger partial charge is 0.283 e. The lowest BCUT2D eigenvalue weighted by molar-refractivity contribution is -0.387. The molecule has 0 radical (unpaired) electrons. The quantitative estimate of drug-likeness (QED) is 0.200. The summed E-state index contributed by atoms with van der Waals surface area (Å²) in [7, 11) is 0. The van der Waals surface area contributed by atoms with E-state index in [0.717, 1.165) is 25.6 Å². The molecule has 36 heavy (non-hydrogen) atoms. The molecular weight excluding hydrogens is 494 g/mol. The van der Waals surface area contributed by atoms with E-state index >= 15 is 0 Å². The van der Waals surface area contributed by atoms with Crippen molar-refractivity contribution in [2.75, 3.05) is 5.32 Å². The Morgan fingerprint density at radius 1 is 0.972 bits per heavy atom. The van der Waals surface area contributed by atoms with E-state index in [1.807, 2.05) is 72.8 Å². The van der Waals surface area contributed by atoms with Crippen LogP contribution >= 0.6 is 23.1 Å². The van der Waals surface area contributed by atoms with Gasteiger partial charge in [0.05, 0.1) is 25.6 Å². The Hall–Kier alpha value is -4.35. The minimum Gasteiger partial charge on any atom is -0.345 e. The van der Waals surface area contributed by atoms with Gasteiger partial charge < -0.3 is 5.32 Å². The summed E-state index contributed by atoms with van der Waals surface area (Å²) >= 11 is 2.80. The van der Waals surface area contributed by atoms with Crippen molar-refractivity contribution >= 4 is 55.9 Å². The molecule has 0 aliphatic rings. The summed E-state index contributed by atoms with van der Waals surface area (Å²) in [5.41, 5.74) is 3.04. The van der Waals surface area contributed by atoms with Crippen molar-refractivity contribution in [1.29, 1.82) is 0 Å². The van der Waals surface area contributed by atoms with Gasteiger partial charge in [-0.3, -0.25) is 10.1 Å². The van der Waals surface area contributed by atoms with Crippen molar-refractivity contribution in [3.63, 3.8) is 0 Å². The Bertz CT molecular complexity index is 1670. The zero-order chi connectivity index (χ0) is 24.5. The Balaban J connectivity index is 1.42. The number of benzene rings is 3.